The van der Waals surface area contributed by atoms with Crippen LogP contribution in [0.25, 0.3) is 6.08 Å². The van der Waals surface area contributed by atoms with Crippen LogP contribution in [0.2, 0.25) is 5.02 Å². The second-order valence-corrected chi connectivity index (χ2v) is 7.05. The first-order chi connectivity index (χ1) is 13.2. The molecule has 3 amide bonds. The van der Waals surface area contributed by atoms with Crippen LogP contribution in [0.3, 0.4) is 0 Å². The summed E-state index contributed by atoms with van der Waals surface area (Å²) >= 11 is 6.44. The van der Waals surface area contributed by atoms with Gasteiger partial charge in [-0.05, 0) is 47.7 Å². The fraction of sp³-hybridized carbons (Fsp3) is 0.0556. The van der Waals surface area contributed by atoms with E-state index in [4.69, 9.17) is 11.6 Å². The number of nitrogens with zero attached hydrogens (tertiary/aromatic N) is 1. The second-order valence-electron chi connectivity index (χ2n) is 5.65. The number of carbonyl (C=O) groups excluding carboxylic acids is 3. The lowest BCUT2D eigenvalue weighted by atomic mass is 10.2. The van der Waals surface area contributed by atoms with Gasteiger partial charge in [0.1, 0.15) is 23.9 Å². The molecule has 0 radical (unpaired) electrons. The van der Waals surface area contributed by atoms with Crippen LogP contribution in [0, 0.1) is 11.6 Å². The van der Waals surface area contributed by atoms with Gasteiger partial charge in [0.15, 0.2) is 0 Å². The molecule has 0 saturated carbocycles. The molecule has 0 spiro atoms. The maximum atomic E-state index is 13.6. The SMILES string of the molecule is O=C(CN1C(=O)S/C(=C/c2ccc(O)c(Cl)c2)C1=O)Nc1ccc(F)cc1F. The standard InChI is InChI=1S/C18H11ClF2N2O4S/c19-11-5-9(1-4-14(11)24)6-15-17(26)23(18(27)28-15)8-16(25)22-13-3-2-10(20)7-12(13)21/h1-7,24H,8H2,(H,22,25)/b15-6+. The third-order valence-corrected chi connectivity index (χ3v) is 4.86. The lowest BCUT2D eigenvalue weighted by Crippen LogP contribution is -2.36. The summed E-state index contributed by atoms with van der Waals surface area (Å²) in [7, 11) is 0. The van der Waals surface area contributed by atoms with Gasteiger partial charge in [-0.25, -0.2) is 8.78 Å². The highest BCUT2D eigenvalue weighted by Gasteiger charge is 2.36. The Morgan fingerprint density at radius 3 is 2.64 bits per heavy atom. The number of hydrogen-bond donors (Lipinski definition) is 2. The van der Waals surface area contributed by atoms with Gasteiger partial charge >= 0.3 is 0 Å². The fourth-order valence-electron chi connectivity index (χ4n) is 2.32. The van der Waals surface area contributed by atoms with E-state index in [1.165, 1.54) is 24.3 Å². The van der Waals surface area contributed by atoms with Crippen molar-refractivity contribution in [3.05, 3.63) is 63.5 Å². The highest BCUT2D eigenvalue weighted by Crippen LogP contribution is 2.33. The Balaban J connectivity index is 1.71. The molecule has 144 valence electrons. The van der Waals surface area contributed by atoms with Crippen LogP contribution in [0.4, 0.5) is 19.3 Å². The quantitative estimate of drug-likeness (QED) is 0.724. The number of benzene rings is 2. The molecule has 2 N–H and O–H groups in total. The number of phenolic OH excluding ortho intramolecular Hbond substituents is 1. The van der Waals surface area contributed by atoms with Gasteiger partial charge in [0.2, 0.25) is 5.91 Å². The lowest BCUT2D eigenvalue weighted by molar-refractivity contribution is -0.127. The predicted molar refractivity (Wildman–Crippen MR) is 101 cm³/mol. The van der Waals surface area contributed by atoms with Crippen LogP contribution in [-0.4, -0.2) is 33.6 Å². The molecule has 28 heavy (non-hydrogen) atoms. The molecule has 6 nitrogen and oxygen atoms in total. The van der Waals surface area contributed by atoms with Crippen molar-refractivity contribution < 1.29 is 28.3 Å². The summed E-state index contributed by atoms with van der Waals surface area (Å²) in [5.41, 5.74) is 0.207. The molecule has 1 saturated heterocycles. The average molecular weight is 425 g/mol. The van der Waals surface area contributed by atoms with Crippen molar-refractivity contribution in [2.75, 3.05) is 11.9 Å². The summed E-state index contributed by atoms with van der Waals surface area (Å²) in [6.45, 7) is -0.630. The highest BCUT2D eigenvalue weighted by atomic mass is 35.5. The first-order valence-corrected chi connectivity index (χ1v) is 8.93. The molecule has 0 unspecified atom stereocenters. The van der Waals surface area contributed by atoms with E-state index >= 15 is 0 Å². The number of anilines is 1. The second kappa shape index (κ2) is 7.99. The van der Waals surface area contributed by atoms with E-state index in [1.54, 1.807) is 0 Å². The third kappa shape index (κ3) is 4.32. The summed E-state index contributed by atoms with van der Waals surface area (Å²) < 4.78 is 26.5. The summed E-state index contributed by atoms with van der Waals surface area (Å²) in [5.74, 6) is -3.43. The van der Waals surface area contributed by atoms with Crippen molar-refractivity contribution in [2.45, 2.75) is 0 Å². The van der Waals surface area contributed by atoms with Crippen molar-refractivity contribution >= 4 is 52.2 Å². The normalized spacial score (nSPS) is 15.4. The minimum Gasteiger partial charge on any atom is -0.506 e. The zero-order chi connectivity index (χ0) is 20.4. The maximum Gasteiger partial charge on any atom is 0.294 e. The maximum absolute atomic E-state index is 13.6. The molecule has 2 aromatic rings. The molecular weight excluding hydrogens is 414 g/mol. The molecule has 1 fully saturated rings. The molecule has 0 atom stereocenters. The van der Waals surface area contributed by atoms with Crippen LogP contribution in [0.1, 0.15) is 5.56 Å². The number of nitrogens with one attached hydrogen (secondary N) is 1. The average Bonchev–Trinajstić information content (AvgIpc) is 2.88. The van der Waals surface area contributed by atoms with Gasteiger partial charge in [-0.3, -0.25) is 19.3 Å². The largest absolute Gasteiger partial charge is 0.506 e. The van der Waals surface area contributed by atoms with Crippen molar-refractivity contribution in [1.29, 1.82) is 0 Å². The molecular formula is C18H11ClF2N2O4S. The Labute approximate surface area is 166 Å². The van der Waals surface area contributed by atoms with E-state index in [1.807, 2.05) is 0 Å². The lowest BCUT2D eigenvalue weighted by Gasteiger charge is -2.12. The summed E-state index contributed by atoms with van der Waals surface area (Å²) in [5, 5.41) is 11.0. The molecule has 2 aromatic carbocycles. The molecule has 10 heteroatoms. The molecule has 0 aromatic heterocycles. The number of carbonyl (C=O) groups is 3. The Kier molecular flexibility index (Phi) is 5.66. The molecule has 3 rings (SSSR count). The number of amides is 3. The zero-order valence-electron chi connectivity index (χ0n) is 13.9. The summed E-state index contributed by atoms with van der Waals surface area (Å²) in [6.07, 6.45) is 1.40. The van der Waals surface area contributed by atoms with Crippen molar-refractivity contribution in [3.8, 4) is 5.75 Å². The van der Waals surface area contributed by atoms with E-state index in [9.17, 15) is 28.3 Å². The monoisotopic (exact) mass is 424 g/mol. The highest BCUT2D eigenvalue weighted by molar-refractivity contribution is 8.18. The van der Waals surface area contributed by atoms with Crippen LogP contribution in [-0.2, 0) is 9.59 Å². The third-order valence-electron chi connectivity index (χ3n) is 3.65. The van der Waals surface area contributed by atoms with Gasteiger partial charge in [0.05, 0.1) is 15.6 Å². The number of halogens is 3. The molecule has 0 aliphatic carbocycles. The van der Waals surface area contributed by atoms with Crippen molar-refractivity contribution in [3.63, 3.8) is 0 Å². The van der Waals surface area contributed by atoms with Crippen LogP contribution in [0.15, 0.2) is 41.3 Å². The number of phenols is 1. The molecule has 1 aliphatic heterocycles. The Bertz CT molecular complexity index is 1030. The van der Waals surface area contributed by atoms with E-state index in [0.717, 1.165) is 12.1 Å². The summed E-state index contributed by atoms with van der Waals surface area (Å²) in [6, 6.07) is 6.84. The van der Waals surface area contributed by atoms with E-state index in [2.05, 4.69) is 5.32 Å². The summed E-state index contributed by atoms with van der Waals surface area (Å²) in [4.78, 5) is 37.3. The Hall–Kier alpha value is -2.91. The zero-order valence-corrected chi connectivity index (χ0v) is 15.5. The van der Waals surface area contributed by atoms with Gasteiger partial charge in [-0.1, -0.05) is 17.7 Å². The predicted octanol–water partition coefficient (Wildman–Crippen LogP) is 4.00. The first kappa shape index (κ1) is 19.8. The molecule has 1 heterocycles. The van der Waals surface area contributed by atoms with Gasteiger partial charge in [-0.2, -0.15) is 0 Å². The van der Waals surface area contributed by atoms with Crippen LogP contribution >= 0.6 is 23.4 Å². The Morgan fingerprint density at radius 2 is 1.96 bits per heavy atom. The van der Waals surface area contributed by atoms with Crippen molar-refractivity contribution in [2.24, 2.45) is 0 Å². The van der Waals surface area contributed by atoms with E-state index < -0.39 is 35.2 Å². The topological polar surface area (TPSA) is 86.7 Å². The van der Waals surface area contributed by atoms with Gasteiger partial charge < -0.3 is 10.4 Å². The minimum absolute atomic E-state index is 0.0625. The number of hydrogen-bond acceptors (Lipinski definition) is 5. The van der Waals surface area contributed by atoms with Gasteiger partial charge in [0.25, 0.3) is 11.1 Å². The Morgan fingerprint density at radius 1 is 1.21 bits per heavy atom. The number of thioether (sulfide) groups is 1. The number of aromatic hydroxyl groups is 1. The number of imide groups is 1. The van der Waals surface area contributed by atoms with Gasteiger partial charge in [0, 0.05) is 6.07 Å². The van der Waals surface area contributed by atoms with E-state index in [0.29, 0.717) is 28.3 Å². The van der Waals surface area contributed by atoms with Gasteiger partial charge in [-0.15, -0.1) is 0 Å². The smallest absolute Gasteiger partial charge is 0.294 e. The molecule has 1 aliphatic rings. The molecule has 0 bridgehead atoms. The van der Waals surface area contributed by atoms with Crippen LogP contribution < -0.4 is 5.32 Å². The minimum atomic E-state index is -0.980. The van der Waals surface area contributed by atoms with Crippen molar-refractivity contribution in [1.82, 2.24) is 4.90 Å². The van der Waals surface area contributed by atoms with Crippen LogP contribution in [0.5, 0.6) is 5.75 Å². The van der Waals surface area contributed by atoms with E-state index in [-0.39, 0.29) is 21.4 Å². The first-order valence-electron chi connectivity index (χ1n) is 7.73. The fourth-order valence-corrected chi connectivity index (χ4v) is 3.35. The number of rotatable bonds is 4.